The van der Waals surface area contributed by atoms with Crippen LogP contribution in [0.25, 0.3) is 90.6 Å². The van der Waals surface area contributed by atoms with E-state index >= 15 is 0 Å². The lowest BCUT2D eigenvalue weighted by Crippen LogP contribution is -1.98. The van der Waals surface area contributed by atoms with E-state index in [1.54, 1.807) is 0 Å². The predicted octanol–water partition coefficient (Wildman–Crippen LogP) is 11.2. The fourth-order valence-corrected chi connectivity index (χ4v) is 7.12. The molecule has 2 aliphatic rings. The Morgan fingerprint density at radius 2 is 0.827 bits per heavy atom. The van der Waals surface area contributed by atoms with Gasteiger partial charge < -0.3 is 14.7 Å². The summed E-state index contributed by atoms with van der Waals surface area (Å²) in [6.07, 6.45) is 6.07. The number of aromatic nitrogens is 4. The van der Waals surface area contributed by atoms with E-state index in [1.807, 2.05) is 91.0 Å². The van der Waals surface area contributed by atoms with Crippen molar-refractivity contribution < 1.29 is 9.53 Å². The van der Waals surface area contributed by atoms with Crippen molar-refractivity contribution in [3.8, 4) is 44.5 Å². The number of benzene rings is 4. The summed E-state index contributed by atoms with van der Waals surface area (Å²) >= 11 is 0. The van der Waals surface area contributed by atoms with E-state index in [1.165, 1.54) is 6.92 Å². The van der Waals surface area contributed by atoms with E-state index in [-0.39, 0.29) is 0 Å². The van der Waals surface area contributed by atoms with E-state index in [2.05, 4.69) is 82.8 Å². The van der Waals surface area contributed by atoms with Crippen LogP contribution in [0.1, 0.15) is 29.7 Å². The fraction of sp³-hybridized carbons (Fsp3) is 0.0217. The molecule has 6 heteroatoms. The second-order valence-corrected chi connectivity index (χ2v) is 12.7. The molecule has 3 aromatic heterocycles. The second kappa shape index (κ2) is 13.0. The first kappa shape index (κ1) is 31.0. The molecule has 0 aliphatic carbocycles. The molecule has 0 radical (unpaired) electrons. The zero-order chi connectivity index (χ0) is 35.0. The highest BCUT2D eigenvalue weighted by Crippen LogP contribution is 2.40. The van der Waals surface area contributed by atoms with Crippen molar-refractivity contribution >= 4 is 52.0 Å². The third-order valence-corrected chi connectivity index (χ3v) is 9.33. The van der Waals surface area contributed by atoms with Crippen molar-refractivity contribution in [2.24, 2.45) is 0 Å². The standard InChI is InChI=1S/C46H32N4O2/c1-29(51)52-41-28-40-44(32-18-10-4-11-19-32)38-25-24-36(48-38)42(30-14-6-2-7-15-30)34-22-23-35(47-34)43(31-16-8-3-9-17-31)37-26-27-39(49-37)45(46(41)50-40)33-20-12-5-13-21-33/h2-28,48-49H,1H3. The molecule has 2 N–H and O–H groups in total. The quantitative estimate of drug-likeness (QED) is 0.178. The normalized spacial score (nSPS) is 12.1. The number of fused-ring (bicyclic) bond motifs is 8. The Balaban J connectivity index is 1.51. The van der Waals surface area contributed by atoms with Crippen LogP contribution in [-0.4, -0.2) is 25.9 Å². The lowest BCUT2D eigenvalue weighted by molar-refractivity contribution is -0.134. The number of aromatic amines is 2. The Hall–Kier alpha value is -7.05. The molecule has 7 aromatic rings. The first-order valence-electron chi connectivity index (χ1n) is 17.2. The van der Waals surface area contributed by atoms with Crippen LogP contribution in [0.5, 0.6) is 0 Å². The lowest BCUT2D eigenvalue weighted by Gasteiger charge is -2.08. The first-order chi connectivity index (χ1) is 25.6. The van der Waals surface area contributed by atoms with Crippen molar-refractivity contribution in [2.45, 2.75) is 6.92 Å². The summed E-state index contributed by atoms with van der Waals surface area (Å²) in [5.74, 6) is -0.0403. The number of hydrogen-bond acceptors (Lipinski definition) is 4. The van der Waals surface area contributed by atoms with Crippen LogP contribution >= 0.6 is 0 Å². The minimum atomic E-state index is -0.422. The molecule has 0 amide bonds. The third kappa shape index (κ3) is 5.62. The van der Waals surface area contributed by atoms with Gasteiger partial charge in [0.25, 0.3) is 0 Å². The van der Waals surface area contributed by atoms with Crippen LogP contribution < -0.4 is 0 Å². The number of nitrogens with zero attached hydrogens (tertiary/aromatic N) is 2. The Kier molecular flexibility index (Phi) is 7.75. The van der Waals surface area contributed by atoms with E-state index in [0.717, 1.165) is 78.0 Å². The molecule has 0 unspecified atom stereocenters. The van der Waals surface area contributed by atoms with Crippen molar-refractivity contribution in [1.29, 1.82) is 0 Å². The molecular weight excluding hydrogens is 641 g/mol. The molecule has 248 valence electrons. The van der Waals surface area contributed by atoms with E-state index in [4.69, 9.17) is 14.7 Å². The topological polar surface area (TPSA) is 83.7 Å². The van der Waals surface area contributed by atoms with Gasteiger partial charge in [-0.15, -0.1) is 0 Å². The minimum Gasteiger partial charge on any atom is -0.424 e. The molecule has 52 heavy (non-hydrogen) atoms. The monoisotopic (exact) mass is 672 g/mol. The molecule has 4 aromatic carbocycles. The van der Waals surface area contributed by atoms with Crippen LogP contribution in [0, 0.1) is 0 Å². The number of H-pyrrole nitrogens is 2. The number of ether oxygens (including phenoxy) is 1. The van der Waals surface area contributed by atoms with Crippen molar-refractivity contribution in [3.63, 3.8) is 0 Å². The van der Waals surface area contributed by atoms with Gasteiger partial charge in [0, 0.05) is 57.3 Å². The number of carbonyl (C=O) groups excluding carboxylic acids is 1. The molecule has 0 saturated carbocycles. The molecule has 0 atom stereocenters. The summed E-state index contributed by atoms with van der Waals surface area (Å²) in [5.41, 5.74) is 14.0. The largest absolute Gasteiger partial charge is 0.424 e. The highest BCUT2D eigenvalue weighted by atomic mass is 16.5. The van der Waals surface area contributed by atoms with Crippen LogP contribution in [0.4, 0.5) is 0 Å². The maximum atomic E-state index is 12.7. The number of carbonyl (C=O) groups is 1. The molecular formula is C46H32N4O2. The van der Waals surface area contributed by atoms with Gasteiger partial charge in [-0.25, -0.2) is 9.97 Å². The molecule has 8 bridgehead atoms. The summed E-state index contributed by atoms with van der Waals surface area (Å²) in [6, 6.07) is 49.2. The Morgan fingerprint density at radius 1 is 0.462 bits per heavy atom. The fourth-order valence-electron chi connectivity index (χ4n) is 7.12. The van der Waals surface area contributed by atoms with Crippen LogP contribution in [0.15, 0.2) is 146 Å². The smallest absolute Gasteiger partial charge is 0.308 e. The second-order valence-electron chi connectivity index (χ2n) is 12.7. The maximum Gasteiger partial charge on any atom is 0.308 e. The zero-order valence-electron chi connectivity index (χ0n) is 28.3. The van der Waals surface area contributed by atoms with Crippen molar-refractivity contribution in [3.05, 3.63) is 168 Å². The Labute approximate surface area is 300 Å². The molecule has 9 rings (SSSR count). The molecule has 0 spiro atoms. The van der Waals surface area contributed by atoms with E-state index in [0.29, 0.717) is 17.1 Å². The molecule has 5 heterocycles. The number of nitrogens with one attached hydrogen (secondary N) is 2. The molecule has 6 nitrogen and oxygen atoms in total. The Bertz CT molecular complexity index is 2710. The highest BCUT2D eigenvalue weighted by Gasteiger charge is 2.24. The number of hydrogen-bond donors (Lipinski definition) is 2. The van der Waals surface area contributed by atoms with Crippen molar-refractivity contribution in [1.82, 2.24) is 19.9 Å². The average Bonchev–Trinajstić information content (AvgIpc) is 4.01. The van der Waals surface area contributed by atoms with Gasteiger partial charge in [0.15, 0.2) is 5.76 Å². The molecule has 2 aliphatic heterocycles. The SMILES string of the molecule is CC(=O)OC1=Cc2nc1c(-c1ccccc1)c1ccc([nH]1)c(-c1ccccc1)c1nc(c(-c3ccccc3)c3ccc([nH]3)c2-c2ccccc2)C=C1. The van der Waals surface area contributed by atoms with E-state index in [9.17, 15) is 4.79 Å². The summed E-state index contributed by atoms with van der Waals surface area (Å²) in [4.78, 5) is 30.8. The van der Waals surface area contributed by atoms with Gasteiger partial charge in [-0.05, 0) is 58.7 Å². The Morgan fingerprint density at radius 3 is 1.23 bits per heavy atom. The van der Waals surface area contributed by atoms with Crippen LogP contribution in [0.3, 0.4) is 0 Å². The number of rotatable bonds is 5. The van der Waals surface area contributed by atoms with Gasteiger partial charge >= 0.3 is 5.97 Å². The third-order valence-electron chi connectivity index (χ3n) is 9.33. The maximum absolute atomic E-state index is 12.7. The zero-order valence-corrected chi connectivity index (χ0v) is 28.3. The van der Waals surface area contributed by atoms with Gasteiger partial charge in [-0.2, -0.15) is 0 Å². The van der Waals surface area contributed by atoms with Crippen LogP contribution in [0.2, 0.25) is 0 Å². The van der Waals surface area contributed by atoms with Gasteiger partial charge in [0.1, 0.15) is 5.69 Å². The number of esters is 1. The summed E-state index contributed by atoms with van der Waals surface area (Å²) in [7, 11) is 0. The molecule has 0 fully saturated rings. The van der Waals surface area contributed by atoms with Crippen LogP contribution in [-0.2, 0) is 9.53 Å². The van der Waals surface area contributed by atoms with Gasteiger partial charge in [-0.1, -0.05) is 121 Å². The highest BCUT2D eigenvalue weighted by molar-refractivity contribution is 6.02. The average molecular weight is 673 g/mol. The summed E-state index contributed by atoms with van der Waals surface area (Å²) in [5, 5.41) is 0. The van der Waals surface area contributed by atoms with Gasteiger partial charge in [-0.3, -0.25) is 4.79 Å². The van der Waals surface area contributed by atoms with Crippen molar-refractivity contribution in [2.75, 3.05) is 0 Å². The summed E-state index contributed by atoms with van der Waals surface area (Å²) < 4.78 is 5.97. The van der Waals surface area contributed by atoms with Gasteiger partial charge in [0.05, 0.1) is 17.1 Å². The van der Waals surface area contributed by atoms with Gasteiger partial charge in [0.2, 0.25) is 0 Å². The summed E-state index contributed by atoms with van der Waals surface area (Å²) in [6.45, 7) is 1.42. The van der Waals surface area contributed by atoms with E-state index < -0.39 is 5.97 Å². The minimum absolute atomic E-state index is 0.382. The lowest BCUT2D eigenvalue weighted by atomic mass is 10.0. The molecule has 0 saturated heterocycles. The first-order valence-corrected chi connectivity index (χ1v) is 17.2. The predicted molar refractivity (Wildman–Crippen MR) is 211 cm³/mol.